The van der Waals surface area contributed by atoms with E-state index in [9.17, 15) is 0 Å². The summed E-state index contributed by atoms with van der Waals surface area (Å²) >= 11 is 3.49. The molecule has 0 aliphatic carbocycles. The predicted molar refractivity (Wildman–Crippen MR) is 84.0 cm³/mol. The maximum atomic E-state index is 3.49. The second kappa shape index (κ2) is 8.71. The van der Waals surface area contributed by atoms with Crippen LogP contribution >= 0.6 is 15.9 Å². The molecule has 18 heavy (non-hydrogen) atoms. The fraction of sp³-hybridized carbons (Fsp3) is 0.625. The molecule has 0 bridgehead atoms. The predicted octanol–water partition coefficient (Wildman–Crippen LogP) is 4.65. The number of hydrogen-bond donors (Lipinski definition) is 1. The molecule has 0 amide bonds. The third kappa shape index (κ3) is 6.01. The zero-order valence-electron chi connectivity index (χ0n) is 11.9. The van der Waals surface area contributed by atoms with Crippen molar-refractivity contribution in [3.63, 3.8) is 0 Å². The van der Waals surface area contributed by atoms with E-state index in [4.69, 9.17) is 0 Å². The van der Waals surface area contributed by atoms with Crippen LogP contribution in [0, 0.1) is 11.8 Å². The molecule has 1 rings (SSSR count). The largest absolute Gasteiger partial charge is 0.319 e. The molecule has 2 atom stereocenters. The SMILES string of the molecule is CCCC(C)CC(CNC)Cc1ccc(Br)cc1. The van der Waals surface area contributed by atoms with Crippen molar-refractivity contribution in [3.8, 4) is 0 Å². The van der Waals surface area contributed by atoms with Crippen molar-refractivity contribution in [2.24, 2.45) is 11.8 Å². The molecule has 0 aliphatic heterocycles. The summed E-state index contributed by atoms with van der Waals surface area (Å²) in [5, 5.41) is 3.34. The van der Waals surface area contributed by atoms with Gasteiger partial charge in [-0.3, -0.25) is 0 Å². The molecule has 0 aliphatic rings. The number of benzene rings is 1. The molecule has 1 nitrogen and oxygen atoms in total. The van der Waals surface area contributed by atoms with Gasteiger partial charge in [0.15, 0.2) is 0 Å². The van der Waals surface area contributed by atoms with Crippen molar-refractivity contribution in [2.45, 2.75) is 39.5 Å². The van der Waals surface area contributed by atoms with Gasteiger partial charge in [0.25, 0.3) is 0 Å². The second-order valence-electron chi connectivity index (χ2n) is 5.38. The molecule has 2 heteroatoms. The van der Waals surface area contributed by atoms with Gasteiger partial charge in [-0.15, -0.1) is 0 Å². The highest BCUT2D eigenvalue weighted by Crippen LogP contribution is 2.21. The Morgan fingerprint density at radius 3 is 2.44 bits per heavy atom. The average Bonchev–Trinajstić information content (AvgIpc) is 2.32. The van der Waals surface area contributed by atoms with Crippen LogP contribution in [0.1, 0.15) is 38.7 Å². The van der Waals surface area contributed by atoms with Crippen LogP contribution in [-0.2, 0) is 6.42 Å². The van der Waals surface area contributed by atoms with E-state index < -0.39 is 0 Å². The van der Waals surface area contributed by atoms with Gasteiger partial charge in [-0.05, 0) is 56.0 Å². The molecule has 0 spiro atoms. The van der Waals surface area contributed by atoms with Gasteiger partial charge in [0.2, 0.25) is 0 Å². The molecular formula is C16H26BrN. The first-order valence-electron chi connectivity index (χ1n) is 7.04. The number of nitrogens with one attached hydrogen (secondary N) is 1. The van der Waals surface area contributed by atoms with Gasteiger partial charge >= 0.3 is 0 Å². The number of halogens is 1. The smallest absolute Gasteiger partial charge is 0.0175 e. The van der Waals surface area contributed by atoms with Gasteiger partial charge < -0.3 is 5.32 Å². The van der Waals surface area contributed by atoms with Crippen LogP contribution in [0.25, 0.3) is 0 Å². The van der Waals surface area contributed by atoms with Crippen LogP contribution in [-0.4, -0.2) is 13.6 Å². The Labute approximate surface area is 120 Å². The Morgan fingerprint density at radius 1 is 1.22 bits per heavy atom. The van der Waals surface area contributed by atoms with Gasteiger partial charge in [-0.25, -0.2) is 0 Å². The maximum absolute atomic E-state index is 3.49. The Morgan fingerprint density at radius 2 is 1.89 bits per heavy atom. The minimum Gasteiger partial charge on any atom is -0.319 e. The third-order valence-corrected chi connectivity index (χ3v) is 3.98. The summed E-state index contributed by atoms with van der Waals surface area (Å²) in [4.78, 5) is 0. The van der Waals surface area contributed by atoms with Gasteiger partial charge in [0, 0.05) is 4.47 Å². The second-order valence-corrected chi connectivity index (χ2v) is 6.30. The zero-order chi connectivity index (χ0) is 13.4. The first kappa shape index (κ1) is 15.7. The standard InChI is InChI=1S/C16H26BrN/c1-4-5-13(2)10-15(12-18-3)11-14-6-8-16(17)9-7-14/h6-9,13,15,18H,4-5,10-12H2,1-3H3. The van der Waals surface area contributed by atoms with Crippen LogP contribution in [0.3, 0.4) is 0 Å². The third-order valence-electron chi connectivity index (χ3n) is 3.45. The van der Waals surface area contributed by atoms with E-state index in [-0.39, 0.29) is 0 Å². The monoisotopic (exact) mass is 311 g/mol. The van der Waals surface area contributed by atoms with Crippen molar-refractivity contribution in [3.05, 3.63) is 34.3 Å². The molecule has 2 unspecified atom stereocenters. The summed E-state index contributed by atoms with van der Waals surface area (Å²) in [5.41, 5.74) is 1.45. The van der Waals surface area contributed by atoms with Gasteiger partial charge in [0.1, 0.15) is 0 Å². The molecule has 1 aromatic rings. The fourth-order valence-electron chi connectivity index (χ4n) is 2.66. The van der Waals surface area contributed by atoms with Crippen molar-refractivity contribution in [2.75, 3.05) is 13.6 Å². The van der Waals surface area contributed by atoms with E-state index in [1.165, 1.54) is 31.2 Å². The lowest BCUT2D eigenvalue weighted by Gasteiger charge is -2.20. The topological polar surface area (TPSA) is 12.0 Å². The van der Waals surface area contributed by atoms with E-state index in [0.717, 1.165) is 22.9 Å². The van der Waals surface area contributed by atoms with Crippen LogP contribution in [0.5, 0.6) is 0 Å². The highest BCUT2D eigenvalue weighted by atomic mass is 79.9. The Hall–Kier alpha value is -0.340. The molecule has 1 aromatic carbocycles. The molecule has 0 saturated heterocycles. The normalized spacial score (nSPS) is 14.4. The molecular weight excluding hydrogens is 286 g/mol. The summed E-state index contributed by atoms with van der Waals surface area (Å²) in [6.45, 7) is 5.77. The molecule has 0 saturated carbocycles. The summed E-state index contributed by atoms with van der Waals surface area (Å²) in [6, 6.07) is 8.75. The Balaban J connectivity index is 2.53. The summed E-state index contributed by atoms with van der Waals surface area (Å²) < 4.78 is 1.16. The van der Waals surface area contributed by atoms with Crippen molar-refractivity contribution in [1.29, 1.82) is 0 Å². The lowest BCUT2D eigenvalue weighted by Crippen LogP contribution is -2.22. The van der Waals surface area contributed by atoms with Crippen LogP contribution in [0.4, 0.5) is 0 Å². The van der Waals surface area contributed by atoms with E-state index in [1.54, 1.807) is 0 Å². The molecule has 0 radical (unpaired) electrons. The molecule has 102 valence electrons. The Kier molecular flexibility index (Phi) is 7.60. The fourth-order valence-corrected chi connectivity index (χ4v) is 2.93. The van der Waals surface area contributed by atoms with Crippen molar-refractivity contribution >= 4 is 15.9 Å². The van der Waals surface area contributed by atoms with Gasteiger partial charge in [0.05, 0.1) is 0 Å². The first-order valence-corrected chi connectivity index (χ1v) is 7.84. The highest BCUT2D eigenvalue weighted by molar-refractivity contribution is 9.10. The van der Waals surface area contributed by atoms with Gasteiger partial charge in [-0.2, -0.15) is 0 Å². The van der Waals surface area contributed by atoms with Crippen LogP contribution in [0.15, 0.2) is 28.7 Å². The van der Waals surface area contributed by atoms with Crippen molar-refractivity contribution in [1.82, 2.24) is 5.32 Å². The molecule has 0 heterocycles. The minimum absolute atomic E-state index is 0.748. The Bertz CT molecular complexity index is 320. The van der Waals surface area contributed by atoms with Crippen LogP contribution < -0.4 is 5.32 Å². The van der Waals surface area contributed by atoms with Crippen molar-refractivity contribution < 1.29 is 0 Å². The van der Waals surface area contributed by atoms with Crippen LogP contribution in [0.2, 0.25) is 0 Å². The van der Waals surface area contributed by atoms with Gasteiger partial charge in [-0.1, -0.05) is 54.8 Å². The molecule has 0 aromatic heterocycles. The van der Waals surface area contributed by atoms with E-state index >= 15 is 0 Å². The van der Waals surface area contributed by atoms with E-state index in [0.29, 0.717) is 0 Å². The first-order chi connectivity index (χ1) is 8.65. The summed E-state index contributed by atoms with van der Waals surface area (Å²) in [5.74, 6) is 1.58. The van der Waals surface area contributed by atoms with E-state index in [1.807, 2.05) is 0 Å². The quantitative estimate of drug-likeness (QED) is 0.736. The average molecular weight is 312 g/mol. The minimum atomic E-state index is 0.748. The number of hydrogen-bond acceptors (Lipinski definition) is 1. The lowest BCUT2D eigenvalue weighted by molar-refractivity contribution is 0.361. The summed E-state index contributed by atoms with van der Waals surface area (Å²) in [7, 11) is 2.05. The zero-order valence-corrected chi connectivity index (χ0v) is 13.5. The molecule has 0 fully saturated rings. The maximum Gasteiger partial charge on any atom is 0.0175 e. The molecule has 1 N–H and O–H groups in total. The van der Waals surface area contributed by atoms with E-state index in [2.05, 4.69) is 66.4 Å². The highest BCUT2D eigenvalue weighted by Gasteiger charge is 2.13. The number of rotatable bonds is 8. The lowest BCUT2D eigenvalue weighted by atomic mass is 9.88. The summed E-state index contributed by atoms with van der Waals surface area (Å²) in [6.07, 6.45) is 5.15.